The number of aromatic nitrogens is 1. The number of aryl methyl sites for hydroxylation is 2. The molecule has 0 saturated carbocycles. The second-order valence-corrected chi connectivity index (χ2v) is 6.42. The van der Waals surface area contributed by atoms with Crippen LogP contribution in [0.25, 0.3) is 20.7 Å². The van der Waals surface area contributed by atoms with Crippen LogP contribution >= 0.6 is 22.7 Å². The molecular formula is C15H15NS2. The summed E-state index contributed by atoms with van der Waals surface area (Å²) in [6.07, 6.45) is 2.26. The fourth-order valence-corrected chi connectivity index (χ4v) is 4.30. The Morgan fingerprint density at radius 2 is 2.06 bits per heavy atom. The molecule has 0 fully saturated rings. The van der Waals surface area contributed by atoms with Crippen LogP contribution in [0.5, 0.6) is 0 Å². The number of thiazole rings is 1. The number of benzene rings is 1. The summed E-state index contributed by atoms with van der Waals surface area (Å²) in [5, 5.41) is 4.81. The molecule has 3 aromatic rings. The minimum absolute atomic E-state index is 1.09. The monoisotopic (exact) mass is 273 g/mol. The van der Waals surface area contributed by atoms with Crippen molar-refractivity contribution in [3.05, 3.63) is 40.2 Å². The van der Waals surface area contributed by atoms with Crippen LogP contribution < -0.4 is 0 Å². The highest BCUT2D eigenvalue weighted by molar-refractivity contribution is 7.22. The van der Waals surface area contributed by atoms with Gasteiger partial charge in [0.05, 0.1) is 15.6 Å². The molecule has 0 atom stereocenters. The van der Waals surface area contributed by atoms with E-state index in [0.717, 1.165) is 12.1 Å². The summed E-state index contributed by atoms with van der Waals surface area (Å²) in [5.74, 6) is 0. The zero-order chi connectivity index (χ0) is 12.5. The van der Waals surface area contributed by atoms with E-state index in [0.29, 0.717) is 0 Å². The van der Waals surface area contributed by atoms with Gasteiger partial charge < -0.3 is 0 Å². The summed E-state index contributed by atoms with van der Waals surface area (Å²) >= 11 is 3.64. The second-order valence-electron chi connectivity index (χ2n) is 4.43. The first-order valence-electron chi connectivity index (χ1n) is 6.22. The van der Waals surface area contributed by atoms with Gasteiger partial charge in [-0.3, -0.25) is 0 Å². The molecule has 1 nitrogen and oxygen atoms in total. The molecular weight excluding hydrogens is 258 g/mol. The van der Waals surface area contributed by atoms with Crippen molar-refractivity contribution in [1.82, 2.24) is 4.98 Å². The van der Waals surface area contributed by atoms with Gasteiger partial charge in [-0.15, -0.1) is 22.7 Å². The largest absolute Gasteiger partial charge is 0.240 e. The molecule has 2 aromatic heterocycles. The summed E-state index contributed by atoms with van der Waals surface area (Å²) in [5.41, 5.74) is 2.52. The molecule has 2 heterocycles. The highest BCUT2D eigenvalue weighted by atomic mass is 32.1. The number of thiophene rings is 1. The molecule has 0 aliphatic heterocycles. The Morgan fingerprint density at radius 3 is 2.83 bits per heavy atom. The van der Waals surface area contributed by atoms with Crippen molar-refractivity contribution in [3.8, 4) is 10.6 Å². The predicted octanol–water partition coefficient (Wildman–Crippen LogP) is 5.29. The van der Waals surface area contributed by atoms with Gasteiger partial charge in [-0.1, -0.05) is 25.1 Å². The topological polar surface area (TPSA) is 12.9 Å². The third kappa shape index (κ3) is 1.98. The predicted molar refractivity (Wildman–Crippen MR) is 81.7 cm³/mol. The quantitative estimate of drug-likeness (QED) is 0.632. The molecule has 18 heavy (non-hydrogen) atoms. The van der Waals surface area contributed by atoms with Crippen LogP contribution in [0, 0.1) is 6.92 Å². The van der Waals surface area contributed by atoms with Crippen molar-refractivity contribution in [2.75, 3.05) is 0 Å². The van der Waals surface area contributed by atoms with E-state index < -0.39 is 0 Å². The molecule has 92 valence electrons. The maximum Gasteiger partial charge on any atom is 0.0932 e. The highest BCUT2D eigenvalue weighted by Crippen LogP contribution is 2.38. The zero-order valence-electron chi connectivity index (χ0n) is 10.6. The third-order valence-corrected chi connectivity index (χ3v) is 5.30. The van der Waals surface area contributed by atoms with Gasteiger partial charge in [-0.05, 0) is 36.8 Å². The molecule has 3 rings (SSSR count). The first kappa shape index (κ1) is 11.9. The van der Waals surface area contributed by atoms with Crippen LogP contribution in [0.2, 0.25) is 0 Å². The van der Waals surface area contributed by atoms with E-state index in [1.807, 2.05) is 11.3 Å². The van der Waals surface area contributed by atoms with Crippen LogP contribution in [-0.2, 0) is 6.42 Å². The summed E-state index contributed by atoms with van der Waals surface area (Å²) in [4.78, 5) is 6.08. The standard InChI is InChI=1S/C15H15NS2/c1-3-6-14-16-12(9-17-14)15-10(2)11-7-4-5-8-13(11)18-15/h4-5,7-9H,3,6H2,1-2H3. The highest BCUT2D eigenvalue weighted by Gasteiger charge is 2.12. The van der Waals surface area contributed by atoms with Gasteiger partial charge in [0, 0.05) is 10.1 Å². The summed E-state index contributed by atoms with van der Waals surface area (Å²) in [6, 6.07) is 8.60. The average molecular weight is 273 g/mol. The smallest absolute Gasteiger partial charge is 0.0932 e. The van der Waals surface area contributed by atoms with Crippen LogP contribution in [0.1, 0.15) is 23.9 Å². The summed E-state index contributed by atoms with van der Waals surface area (Å²) in [7, 11) is 0. The van der Waals surface area contributed by atoms with E-state index >= 15 is 0 Å². The second kappa shape index (κ2) is 4.82. The lowest BCUT2D eigenvalue weighted by Crippen LogP contribution is -1.81. The lowest BCUT2D eigenvalue weighted by atomic mass is 10.1. The number of fused-ring (bicyclic) bond motifs is 1. The van der Waals surface area contributed by atoms with Gasteiger partial charge in [0.2, 0.25) is 0 Å². The van der Waals surface area contributed by atoms with Crippen LogP contribution in [0.15, 0.2) is 29.6 Å². The summed E-state index contributed by atoms with van der Waals surface area (Å²) in [6.45, 7) is 4.40. The number of rotatable bonds is 3. The fraction of sp³-hybridized carbons (Fsp3) is 0.267. The van der Waals surface area contributed by atoms with Gasteiger partial charge in [-0.2, -0.15) is 0 Å². The lowest BCUT2D eigenvalue weighted by Gasteiger charge is -1.94. The number of hydrogen-bond donors (Lipinski definition) is 0. The maximum absolute atomic E-state index is 4.76. The Balaban J connectivity index is 2.10. The van der Waals surface area contributed by atoms with Crippen molar-refractivity contribution >= 4 is 32.8 Å². The molecule has 0 N–H and O–H groups in total. The van der Waals surface area contributed by atoms with Gasteiger partial charge in [0.1, 0.15) is 0 Å². The molecule has 0 amide bonds. The molecule has 0 spiro atoms. The summed E-state index contributed by atoms with van der Waals surface area (Å²) < 4.78 is 1.36. The van der Waals surface area contributed by atoms with Crippen LogP contribution in [0.4, 0.5) is 0 Å². The normalized spacial score (nSPS) is 11.2. The average Bonchev–Trinajstić information content (AvgIpc) is 2.96. The van der Waals surface area contributed by atoms with Crippen molar-refractivity contribution in [1.29, 1.82) is 0 Å². The van der Waals surface area contributed by atoms with E-state index in [-0.39, 0.29) is 0 Å². The minimum Gasteiger partial charge on any atom is -0.240 e. The SMILES string of the molecule is CCCc1nc(-c2sc3ccccc3c2C)cs1. The lowest BCUT2D eigenvalue weighted by molar-refractivity contribution is 0.910. The molecule has 0 saturated heterocycles. The number of nitrogens with zero attached hydrogens (tertiary/aromatic N) is 1. The fourth-order valence-electron chi connectivity index (χ4n) is 2.16. The van der Waals surface area contributed by atoms with Gasteiger partial charge in [-0.25, -0.2) is 4.98 Å². The molecule has 3 heteroatoms. The Hall–Kier alpha value is -1.19. The van der Waals surface area contributed by atoms with Gasteiger partial charge >= 0.3 is 0 Å². The van der Waals surface area contributed by atoms with Gasteiger partial charge in [0.25, 0.3) is 0 Å². The van der Waals surface area contributed by atoms with E-state index in [1.165, 1.54) is 32.0 Å². The van der Waals surface area contributed by atoms with Crippen LogP contribution in [-0.4, -0.2) is 4.98 Å². The Kier molecular flexibility index (Phi) is 3.18. The Labute approximate surface area is 115 Å². The molecule has 0 aliphatic rings. The maximum atomic E-state index is 4.76. The van der Waals surface area contributed by atoms with E-state index in [1.54, 1.807) is 11.3 Å². The van der Waals surface area contributed by atoms with Crippen LogP contribution in [0.3, 0.4) is 0 Å². The Bertz CT molecular complexity index is 679. The van der Waals surface area contributed by atoms with Gasteiger partial charge in [0.15, 0.2) is 0 Å². The molecule has 0 unspecified atom stereocenters. The van der Waals surface area contributed by atoms with Crippen molar-refractivity contribution in [2.24, 2.45) is 0 Å². The minimum atomic E-state index is 1.09. The first-order valence-corrected chi connectivity index (χ1v) is 7.92. The van der Waals surface area contributed by atoms with E-state index in [2.05, 4.69) is 43.5 Å². The molecule has 0 aliphatic carbocycles. The molecule has 0 radical (unpaired) electrons. The van der Waals surface area contributed by atoms with E-state index in [9.17, 15) is 0 Å². The van der Waals surface area contributed by atoms with Crippen molar-refractivity contribution in [3.63, 3.8) is 0 Å². The van der Waals surface area contributed by atoms with Crippen molar-refractivity contribution in [2.45, 2.75) is 26.7 Å². The number of hydrogen-bond acceptors (Lipinski definition) is 3. The zero-order valence-corrected chi connectivity index (χ0v) is 12.2. The van der Waals surface area contributed by atoms with E-state index in [4.69, 9.17) is 4.98 Å². The first-order chi connectivity index (χ1) is 8.79. The molecule has 0 bridgehead atoms. The third-order valence-electron chi connectivity index (χ3n) is 3.09. The molecule has 1 aromatic carbocycles. The Morgan fingerprint density at radius 1 is 1.22 bits per heavy atom. The van der Waals surface area contributed by atoms with Crippen molar-refractivity contribution < 1.29 is 0 Å².